The van der Waals surface area contributed by atoms with E-state index in [0.29, 0.717) is 25.9 Å². The minimum absolute atomic E-state index is 0.0127. The lowest BCUT2D eigenvalue weighted by Crippen LogP contribution is -2.60. The van der Waals surface area contributed by atoms with Gasteiger partial charge in [-0.1, -0.05) is 24.6 Å². The first kappa shape index (κ1) is 23.7. The van der Waals surface area contributed by atoms with Gasteiger partial charge in [-0.05, 0) is 88.4 Å². The van der Waals surface area contributed by atoms with Crippen molar-refractivity contribution in [3.05, 3.63) is 23.3 Å². The summed E-state index contributed by atoms with van der Waals surface area (Å²) in [6.45, 7) is 10.7. The van der Waals surface area contributed by atoms with Crippen molar-refractivity contribution in [2.45, 2.75) is 91.0 Å². The molecule has 0 aromatic carbocycles. The Balaban J connectivity index is 1.64. The average Bonchev–Trinajstić information content (AvgIpc) is 2.99. The second kappa shape index (κ2) is 8.07. The van der Waals surface area contributed by atoms with E-state index in [1.165, 1.54) is 5.57 Å². The van der Waals surface area contributed by atoms with Crippen molar-refractivity contribution >= 4 is 11.5 Å². The van der Waals surface area contributed by atoms with Crippen molar-refractivity contribution in [3.8, 4) is 0 Å². The molecule has 4 aliphatic rings. The summed E-state index contributed by atoms with van der Waals surface area (Å²) >= 11 is 0. The maximum atomic E-state index is 13.2. The maximum absolute atomic E-state index is 13.2. The van der Waals surface area contributed by atoms with Crippen LogP contribution in [0, 0.1) is 28.6 Å². The third-order valence-electron chi connectivity index (χ3n) is 9.40. The van der Waals surface area contributed by atoms with Crippen molar-refractivity contribution < 1.29 is 25.0 Å². The van der Waals surface area contributed by atoms with E-state index in [4.69, 9.17) is 4.84 Å². The molecule has 3 N–H and O–H groups in total. The van der Waals surface area contributed by atoms with Gasteiger partial charge in [0, 0.05) is 17.3 Å². The zero-order chi connectivity index (χ0) is 23.5. The molecular weight excluding hydrogens is 406 g/mol. The average molecular weight is 446 g/mol. The lowest BCUT2D eigenvalue weighted by molar-refractivity contribution is -0.151. The summed E-state index contributed by atoms with van der Waals surface area (Å²) in [5.74, 6) is -0.191. The molecule has 6 heteroatoms. The van der Waals surface area contributed by atoms with Crippen LogP contribution in [0.25, 0.3) is 0 Å². The number of aliphatic hydroxyl groups excluding tert-OH is 2. The summed E-state index contributed by atoms with van der Waals surface area (Å²) in [5, 5.41) is 37.1. The SMILES string of the molecule is CC(C)=CCON=C(C)[C@H]1CC[C@@]2(O)C3=CC(=O)[C@@H]4C[C@@H](O)[C@@H](O)C[C@]4(C)C3CC[C@]12C. The molecule has 0 aromatic heterocycles. The zero-order valence-corrected chi connectivity index (χ0v) is 20.1. The van der Waals surface area contributed by atoms with Gasteiger partial charge in [0.2, 0.25) is 0 Å². The van der Waals surface area contributed by atoms with Crippen LogP contribution in [0.15, 0.2) is 28.5 Å². The summed E-state index contributed by atoms with van der Waals surface area (Å²) in [7, 11) is 0. The molecule has 4 rings (SSSR count). The Labute approximate surface area is 191 Å². The quantitative estimate of drug-likeness (QED) is 0.266. The zero-order valence-electron chi connectivity index (χ0n) is 20.1. The van der Waals surface area contributed by atoms with Gasteiger partial charge in [-0.3, -0.25) is 4.79 Å². The van der Waals surface area contributed by atoms with Crippen LogP contribution >= 0.6 is 0 Å². The number of nitrogens with zero attached hydrogens (tertiary/aromatic N) is 1. The Morgan fingerprint density at radius 3 is 2.56 bits per heavy atom. The second-order valence-electron chi connectivity index (χ2n) is 11.4. The van der Waals surface area contributed by atoms with E-state index >= 15 is 0 Å². The van der Waals surface area contributed by atoms with Gasteiger partial charge in [0.25, 0.3) is 0 Å². The number of carbonyl (C=O) groups is 1. The first-order chi connectivity index (χ1) is 14.9. The summed E-state index contributed by atoms with van der Waals surface area (Å²) in [6.07, 6.45) is 5.76. The number of ketones is 1. The normalized spacial score (nSPS) is 46.0. The van der Waals surface area contributed by atoms with Crippen LogP contribution in [0.3, 0.4) is 0 Å². The Morgan fingerprint density at radius 1 is 1.16 bits per heavy atom. The molecule has 6 nitrogen and oxygen atoms in total. The highest BCUT2D eigenvalue weighted by Crippen LogP contribution is 2.67. The molecule has 0 aromatic rings. The van der Waals surface area contributed by atoms with Crippen LogP contribution in [0.2, 0.25) is 0 Å². The molecule has 4 aliphatic carbocycles. The number of oxime groups is 1. The molecule has 0 spiro atoms. The Kier molecular flexibility index (Phi) is 5.96. The summed E-state index contributed by atoms with van der Waals surface area (Å²) in [5.41, 5.74) is 0.998. The van der Waals surface area contributed by atoms with Gasteiger partial charge in [0.15, 0.2) is 5.78 Å². The number of allylic oxidation sites excluding steroid dienone is 2. The molecule has 3 fully saturated rings. The minimum atomic E-state index is -1.07. The topological polar surface area (TPSA) is 99.4 Å². The van der Waals surface area contributed by atoms with E-state index in [-0.39, 0.29) is 23.5 Å². The lowest BCUT2D eigenvalue weighted by Gasteiger charge is -2.59. The maximum Gasteiger partial charge on any atom is 0.159 e. The largest absolute Gasteiger partial charge is 0.392 e. The van der Waals surface area contributed by atoms with Gasteiger partial charge in [0.05, 0.1) is 23.5 Å². The van der Waals surface area contributed by atoms with Crippen LogP contribution in [-0.4, -0.2) is 51.2 Å². The van der Waals surface area contributed by atoms with Gasteiger partial charge >= 0.3 is 0 Å². The van der Waals surface area contributed by atoms with E-state index in [9.17, 15) is 20.1 Å². The Bertz CT molecular complexity index is 873. The number of carbonyl (C=O) groups excluding carboxylic acids is 1. The molecule has 0 aliphatic heterocycles. The lowest BCUT2D eigenvalue weighted by atomic mass is 9.46. The van der Waals surface area contributed by atoms with Crippen molar-refractivity contribution in [1.82, 2.24) is 0 Å². The Hall–Kier alpha value is -1.50. The van der Waals surface area contributed by atoms with Crippen molar-refractivity contribution in [2.24, 2.45) is 33.7 Å². The van der Waals surface area contributed by atoms with E-state index < -0.39 is 28.6 Å². The highest BCUT2D eigenvalue weighted by atomic mass is 16.6. The molecule has 32 heavy (non-hydrogen) atoms. The molecule has 0 amide bonds. The molecular formula is C26H39NO5. The highest BCUT2D eigenvalue weighted by molar-refractivity contribution is 5.95. The molecule has 8 atom stereocenters. The molecule has 3 saturated carbocycles. The van der Waals surface area contributed by atoms with Crippen LogP contribution in [0.4, 0.5) is 0 Å². The minimum Gasteiger partial charge on any atom is -0.392 e. The monoisotopic (exact) mass is 445 g/mol. The highest BCUT2D eigenvalue weighted by Gasteiger charge is 2.66. The van der Waals surface area contributed by atoms with Gasteiger partial charge < -0.3 is 20.2 Å². The van der Waals surface area contributed by atoms with Crippen LogP contribution in [0.5, 0.6) is 0 Å². The van der Waals surface area contributed by atoms with E-state index in [2.05, 4.69) is 19.0 Å². The smallest absolute Gasteiger partial charge is 0.159 e. The van der Waals surface area contributed by atoms with Gasteiger partial charge in [0.1, 0.15) is 6.61 Å². The molecule has 0 heterocycles. The predicted octanol–water partition coefficient (Wildman–Crippen LogP) is 3.55. The Morgan fingerprint density at radius 2 is 1.88 bits per heavy atom. The molecule has 1 unspecified atom stereocenters. The fourth-order valence-corrected chi connectivity index (χ4v) is 7.45. The van der Waals surface area contributed by atoms with E-state index in [1.54, 1.807) is 6.08 Å². The molecule has 0 bridgehead atoms. The predicted molar refractivity (Wildman–Crippen MR) is 123 cm³/mol. The molecule has 0 saturated heterocycles. The van der Waals surface area contributed by atoms with Crippen molar-refractivity contribution in [3.63, 3.8) is 0 Å². The van der Waals surface area contributed by atoms with Gasteiger partial charge in [-0.2, -0.15) is 0 Å². The third-order valence-corrected chi connectivity index (χ3v) is 9.40. The van der Waals surface area contributed by atoms with E-state index in [1.807, 2.05) is 26.8 Å². The van der Waals surface area contributed by atoms with Crippen LogP contribution in [-0.2, 0) is 9.63 Å². The number of hydrogen-bond acceptors (Lipinski definition) is 6. The summed E-state index contributed by atoms with van der Waals surface area (Å²) in [4.78, 5) is 18.7. The fraction of sp³-hybridized carbons (Fsp3) is 0.769. The van der Waals surface area contributed by atoms with Gasteiger partial charge in [-0.25, -0.2) is 0 Å². The fourth-order valence-electron chi connectivity index (χ4n) is 7.45. The standard InChI is InChI=1S/C26H39NO5/c1-15(2)8-11-32-27-16(3)17-7-10-26(31)19-12-21(28)20-13-22(29)23(30)14-24(20,4)18(19)6-9-25(17,26)5/h8,12,17-18,20,22-23,29-31H,6-7,9-11,13-14H2,1-5H3/t17-,18?,20+,22-,23+,24-,25-,26-/m1/s1. The first-order valence-electron chi connectivity index (χ1n) is 12.1. The van der Waals surface area contributed by atoms with Crippen molar-refractivity contribution in [1.29, 1.82) is 0 Å². The summed E-state index contributed by atoms with van der Waals surface area (Å²) in [6, 6.07) is 0. The molecule has 178 valence electrons. The number of hydrogen-bond donors (Lipinski definition) is 3. The number of aliphatic hydroxyl groups is 3. The van der Waals surface area contributed by atoms with Gasteiger partial charge in [-0.15, -0.1) is 0 Å². The molecule has 0 radical (unpaired) electrons. The van der Waals surface area contributed by atoms with Crippen LogP contribution < -0.4 is 0 Å². The van der Waals surface area contributed by atoms with Crippen LogP contribution in [0.1, 0.15) is 73.1 Å². The van der Waals surface area contributed by atoms with E-state index in [0.717, 1.165) is 30.5 Å². The summed E-state index contributed by atoms with van der Waals surface area (Å²) < 4.78 is 0. The second-order valence-corrected chi connectivity index (χ2v) is 11.4. The first-order valence-corrected chi connectivity index (χ1v) is 12.1. The number of fused-ring (bicyclic) bond motifs is 5. The van der Waals surface area contributed by atoms with Crippen molar-refractivity contribution in [2.75, 3.05) is 6.61 Å². The number of rotatable bonds is 4. The third kappa shape index (κ3) is 3.41.